The Balaban J connectivity index is 1.60. The van der Waals surface area contributed by atoms with Crippen LogP contribution in [-0.4, -0.2) is 53.1 Å². The van der Waals surface area contributed by atoms with Crippen LogP contribution in [0.4, 0.5) is 0 Å². The molecule has 1 saturated heterocycles. The van der Waals surface area contributed by atoms with Gasteiger partial charge in [-0.15, -0.1) is 11.3 Å². The average molecular weight is 445 g/mol. The van der Waals surface area contributed by atoms with Gasteiger partial charge in [-0.1, -0.05) is 44.5 Å². The molecule has 0 bridgehead atoms. The molecule has 2 aromatic rings. The van der Waals surface area contributed by atoms with Gasteiger partial charge >= 0.3 is 0 Å². The number of amides is 2. The van der Waals surface area contributed by atoms with Gasteiger partial charge in [-0.3, -0.25) is 14.4 Å². The van der Waals surface area contributed by atoms with E-state index in [1.165, 1.54) is 11.3 Å². The molecule has 5 nitrogen and oxygen atoms in total. The minimum Gasteiger partial charge on any atom is -0.338 e. The number of carbonyl (C=O) groups is 3. The van der Waals surface area contributed by atoms with E-state index in [2.05, 4.69) is 0 Å². The fraction of sp³-hybridized carbons (Fsp3) is 0.435. The number of nitrogens with zero attached hydrogens (tertiary/aromatic N) is 2. The Hall–Kier alpha value is -2.18. The molecule has 3 heterocycles. The molecule has 0 saturated carbocycles. The van der Waals surface area contributed by atoms with Crippen molar-refractivity contribution >= 4 is 40.5 Å². The van der Waals surface area contributed by atoms with Crippen LogP contribution in [-0.2, 0) is 16.0 Å². The Morgan fingerprint density at radius 3 is 2.60 bits per heavy atom. The van der Waals surface area contributed by atoms with Gasteiger partial charge in [-0.25, -0.2) is 0 Å². The molecule has 0 aliphatic carbocycles. The molecule has 2 aliphatic rings. The first-order chi connectivity index (χ1) is 14.1. The van der Waals surface area contributed by atoms with E-state index in [0.717, 1.165) is 16.0 Å². The third-order valence-electron chi connectivity index (χ3n) is 5.61. The summed E-state index contributed by atoms with van der Waals surface area (Å²) in [7, 11) is 0. The smallest absolute Gasteiger partial charge is 0.254 e. The zero-order valence-electron chi connectivity index (χ0n) is 17.4. The number of carbonyl (C=O) groups excluding carboxylic acids is 3. The predicted molar refractivity (Wildman–Crippen MR) is 119 cm³/mol. The van der Waals surface area contributed by atoms with Crippen LogP contribution in [0, 0.1) is 5.41 Å². The summed E-state index contributed by atoms with van der Waals surface area (Å²) in [6.07, 6.45) is 0.629. The Morgan fingerprint density at radius 1 is 1.17 bits per heavy atom. The Bertz CT molecular complexity index is 1020. The zero-order valence-corrected chi connectivity index (χ0v) is 19.0. The zero-order chi connectivity index (χ0) is 21.6. The minimum atomic E-state index is -0.581. The van der Waals surface area contributed by atoms with E-state index in [-0.39, 0.29) is 36.0 Å². The first kappa shape index (κ1) is 21.1. The van der Waals surface area contributed by atoms with Crippen LogP contribution in [0.15, 0.2) is 30.3 Å². The lowest BCUT2D eigenvalue weighted by molar-refractivity contribution is -0.137. The van der Waals surface area contributed by atoms with Crippen LogP contribution in [0.25, 0.3) is 10.4 Å². The maximum Gasteiger partial charge on any atom is 0.254 e. The first-order valence-electron chi connectivity index (χ1n) is 10.1. The molecule has 0 N–H and O–H groups in total. The van der Waals surface area contributed by atoms with Gasteiger partial charge in [-0.2, -0.15) is 0 Å². The van der Waals surface area contributed by atoms with E-state index < -0.39 is 6.04 Å². The maximum atomic E-state index is 13.4. The molecular formula is C23H25ClN2O3S. The number of thiophene rings is 1. The highest BCUT2D eigenvalue weighted by atomic mass is 35.5. The van der Waals surface area contributed by atoms with Gasteiger partial charge in [0.2, 0.25) is 5.91 Å². The topological polar surface area (TPSA) is 57.7 Å². The van der Waals surface area contributed by atoms with Crippen LogP contribution in [0.3, 0.4) is 0 Å². The third-order valence-corrected chi connectivity index (χ3v) is 6.89. The summed E-state index contributed by atoms with van der Waals surface area (Å²) in [5.74, 6) is -0.100. The Kier molecular flexibility index (Phi) is 5.49. The predicted octanol–water partition coefficient (Wildman–Crippen LogP) is 4.28. The van der Waals surface area contributed by atoms with Gasteiger partial charge in [0.05, 0.1) is 4.34 Å². The summed E-state index contributed by atoms with van der Waals surface area (Å²) in [6.45, 7) is 7.18. The van der Waals surface area contributed by atoms with Crippen molar-refractivity contribution in [1.82, 2.24) is 9.80 Å². The summed E-state index contributed by atoms with van der Waals surface area (Å²) >= 11 is 7.52. The molecule has 1 aromatic carbocycles. The third kappa shape index (κ3) is 4.16. The molecule has 1 fully saturated rings. The normalized spacial score (nSPS) is 19.4. The lowest BCUT2D eigenvalue weighted by Crippen LogP contribution is -2.59. The van der Waals surface area contributed by atoms with Crippen molar-refractivity contribution in [3.8, 4) is 10.4 Å². The highest BCUT2D eigenvalue weighted by molar-refractivity contribution is 7.19. The number of piperazine rings is 1. The van der Waals surface area contributed by atoms with E-state index in [9.17, 15) is 14.4 Å². The number of Topliss-reactive ketones (excluding diaryl/α,β-unsaturated/α-hetero) is 1. The molecule has 0 spiro atoms. The lowest BCUT2D eigenvalue weighted by Gasteiger charge is -2.40. The molecule has 1 atom stereocenters. The molecule has 158 valence electrons. The van der Waals surface area contributed by atoms with E-state index in [1.54, 1.807) is 9.80 Å². The summed E-state index contributed by atoms with van der Waals surface area (Å²) in [5.41, 5.74) is 2.12. The number of hydrogen-bond donors (Lipinski definition) is 0. The number of halogens is 1. The summed E-state index contributed by atoms with van der Waals surface area (Å²) in [4.78, 5) is 43.4. The average Bonchev–Trinajstić information content (AvgIpc) is 3.08. The second-order valence-electron chi connectivity index (χ2n) is 9.21. The van der Waals surface area contributed by atoms with Gasteiger partial charge in [0, 0.05) is 42.9 Å². The Morgan fingerprint density at radius 2 is 1.93 bits per heavy atom. The molecule has 4 rings (SSSR count). The highest BCUT2D eigenvalue weighted by Gasteiger charge is 2.40. The first-order valence-corrected chi connectivity index (χ1v) is 11.3. The van der Waals surface area contributed by atoms with Crippen molar-refractivity contribution in [3.63, 3.8) is 0 Å². The van der Waals surface area contributed by atoms with Crippen LogP contribution < -0.4 is 0 Å². The monoisotopic (exact) mass is 444 g/mol. The maximum absolute atomic E-state index is 13.4. The Labute approximate surface area is 185 Å². The van der Waals surface area contributed by atoms with Gasteiger partial charge in [0.15, 0.2) is 5.78 Å². The standard InChI is InChI=1S/C23H25ClN2O3S/c1-23(2,3)12-21(28)25-8-9-26-17(13-25)18(27)11-14-4-5-15(10-16(14)22(26)29)19-6-7-20(24)30-19/h4-7,10,17H,8-9,11-13H2,1-3H3. The molecule has 7 heteroatoms. The number of fused-ring (bicyclic) bond motifs is 2. The molecule has 1 aromatic heterocycles. The summed E-state index contributed by atoms with van der Waals surface area (Å²) in [6, 6.07) is 8.86. The van der Waals surface area contributed by atoms with Crippen molar-refractivity contribution in [2.24, 2.45) is 5.41 Å². The molecule has 2 amide bonds. The van der Waals surface area contributed by atoms with E-state index in [0.29, 0.717) is 29.4 Å². The second-order valence-corrected chi connectivity index (χ2v) is 10.9. The lowest BCUT2D eigenvalue weighted by atomic mass is 9.91. The number of rotatable bonds is 2. The van der Waals surface area contributed by atoms with Crippen molar-refractivity contribution < 1.29 is 14.4 Å². The number of ketones is 1. The number of hydrogen-bond acceptors (Lipinski definition) is 4. The van der Waals surface area contributed by atoms with Crippen molar-refractivity contribution in [2.75, 3.05) is 19.6 Å². The van der Waals surface area contributed by atoms with Crippen LogP contribution in [0.5, 0.6) is 0 Å². The van der Waals surface area contributed by atoms with Crippen LogP contribution >= 0.6 is 22.9 Å². The SMILES string of the molecule is CC(C)(C)CC(=O)N1CCN2C(=O)c3cc(-c4ccc(Cl)s4)ccc3CC(=O)C2C1. The van der Waals surface area contributed by atoms with Crippen LogP contribution in [0.2, 0.25) is 4.34 Å². The fourth-order valence-electron chi connectivity index (χ4n) is 4.11. The van der Waals surface area contributed by atoms with Crippen molar-refractivity contribution in [3.05, 3.63) is 45.8 Å². The highest BCUT2D eigenvalue weighted by Crippen LogP contribution is 2.34. The minimum absolute atomic E-state index is 0.0118. The molecule has 0 radical (unpaired) electrons. The van der Waals surface area contributed by atoms with Gasteiger partial charge in [0.1, 0.15) is 6.04 Å². The van der Waals surface area contributed by atoms with Gasteiger partial charge in [-0.05, 0) is 34.7 Å². The summed E-state index contributed by atoms with van der Waals surface area (Å²) in [5, 5.41) is 0. The molecule has 30 heavy (non-hydrogen) atoms. The number of benzene rings is 1. The van der Waals surface area contributed by atoms with Crippen LogP contribution in [0.1, 0.15) is 43.1 Å². The fourth-order valence-corrected chi connectivity index (χ4v) is 5.15. The summed E-state index contributed by atoms with van der Waals surface area (Å²) < 4.78 is 0.692. The molecular weight excluding hydrogens is 420 g/mol. The van der Waals surface area contributed by atoms with Crippen molar-refractivity contribution in [2.45, 2.75) is 39.7 Å². The van der Waals surface area contributed by atoms with Gasteiger partial charge in [0.25, 0.3) is 5.91 Å². The second kappa shape index (κ2) is 7.82. The van der Waals surface area contributed by atoms with Crippen molar-refractivity contribution in [1.29, 1.82) is 0 Å². The largest absolute Gasteiger partial charge is 0.338 e. The van der Waals surface area contributed by atoms with E-state index in [1.807, 2.05) is 51.1 Å². The quantitative estimate of drug-likeness (QED) is 0.694. The van der Waals surface area contributed by atoms with E-state index >= 15 is 0 Å². The van der Waals surface area contributed by atoms with Gasteiger partial charge < -0.3 is 9.80 Å². The van der Waals surface area contributed by atoms with E-state index in [4.69, 9.17) is 11.6 Å². The molecule has 1 unspecified atom stereocenters. The molecule has 2 aliphatic heterocycles.